The van der Waals surface area contributed by atoms with Gasteiger partial charge in [-0.2, -0.15) is 0 Å². The number of hydrogen-bond donors (Lipinski definition) is 1. The molecule has 0 unspecified atom stereocenters. The van der Waals surface area contributed by atoms with Crippen LogP contribution in [-0.4, -0.2) is 28.8 Å². The molecule has 1 aromatic heterocycles. The summed E-state index contributed by atoms with van der Waals surface area (Å²) in [6, 6.07) is 28.5. The Morgan fingerprint density at radius 2 is 1.56 bits per heavy atom. The van der Waals surface area contributed by atoms with E-state index in [4.69, 9.17) is 14.1 Å². The zero-order valence-corrected chi connectivity index (χ0v) is 19.9. The van der Waals surface area contributed by atoms with Crippen molar-refractivity contribution in [1.82, 2.24) is 4.98 Å². The third-order valence-corrected chi connectivity index (χ3v) is 6.62. The molecule has 5 aromatic rings. The summed E-state index contributed by atoms with van der Waals surface area (Å²) in [5.74, 6) is 0.558. The van der Waals surface area contributed by atoms with Crippen molar-refractivity contribution in [1.29, 1.82) is 0 Å². The molecular weight excluding hydrogens is 421 g/mol. The summed E-state index contributed by atoms with van der Waals surface area (Å²) in [4.78, 5) is 4.84. The fourth-order valence-corrected chi connectivity index (χ4v) is 3.81. The molecule has 0 aliphatic rings. The predicted octanol–water partition coefficient (Wildman–Crippen LogP) is 6.13. The van der Waals surface area contributed by atoms with Gasteiger partial charge in [-0.15, -0.1) is 0 Å². The molecule has 0 spiro atoms. The fraction of sp³-hybridized carbons (Fsp3) is 0.207. The van der Waals surface area contributed by atoms with Crippen molar-refractivity contribution >= 4 is 34.8 Å². The van der Waals surface area contributed by atoms with E-state index >= 15 is 0 Å². The molecule has 0 aliphatic heterocycles. The second-order valence-electron chi connectivity index (χ2n) is 9.63. The van der Waals surface area contributed by atoms with Gasteiger partial charge in [0.1, 0.15) is 5.52 Å². The first-order valence-electron chi connectivity index (χ1n) is 11.4. The Morgan fingerprint density at radius 3 is 2.32 bits per heavy atom. The van der Waals surface area contributed by atoms with E-state index in [1.165, 1.54) is 0 Å². The summed E-state index contributed by atoms with van der Waals surface area (Å²) in [5, 5.41) is 12.7. The van der Waals surface area contributed by atoms with Crippen LogP contribution in [-0.2, 0) is 4.65 Å². The van der Waals surface area contributed by atoms with Crippen molar-refractivity contribution in [3.8, 4) is 22.6 Å². The van der Waals surface area contributed by atoms with Gasteiger partial charge in [0.25, 0.3) is 0 Å². The number of oxazole rings is 1. The van der Waals surface area contributed by atoms with Crippen LogP contribution < -0.4 is 5.46 Å². The summed E-state index contributed by atoms with van der Waals surface area (Å²) < 4.78 is 12.3. The zero-order chi connectivity index (χ0) is 23.9. The van der Waals surface area contributed by atoms with Crippen LogP contribution in [0.1, 0.15) is 27.7 Å². The van der Waals surface area contributed by atoms with E-state index in [0.717, 1.165) is 44.0 Å². The smallest absolute Gasteiger partial charge is 0.331 e. The molecule has 4 nitrogen and oxygen atoms in total. The van der Waals surface area contributed by atoms with E-state index in [0.29, 0.717) is 5.89 Å². The molecule has 5 heteroatoms. The Hall–Kier alpha value is -3.41. The minimum absolute atomic E-state index is 0.558. The summed E-state index contributed by atoms with van der Waals surface area (Å²) in [5.41, 5.74) is 3.65. The van der Waals surface area contributed by atoms with Gasteiger partial charge >= 0.3 is 7.48 Å². The highest BCUT2D eigenvalue weighted by atomic mass is 16.5. The lowest BCUT2D eigenvalue weighted by molar-refractivity contribution is -0.0893. The largest absolute Gasteiger partial charge is 0.436 e. The van der Waals surface area contributed by atoms with Crippen molar-refractivity contribution in [2.45, 2.75) is 38.9 Å². The third kappa shape index (κ3) is 4.13. The average Bonchev–Trinajstić information content (AvgIpc) is 3.27. The van der Waals surface area contributed by atoms with Gasteiger partial charge < -0.3 is 14.2 Å². The van der Waals surface area contributed by atoms with E-state index in [9.17, 15) is 5.11 Å². The minimum Gasteiger partial charge on any atom is -0.436 e. The molecule has 0 atom stereocenters. The molecule has 0 saturated heterocycles. The lowest BCUT2D eigenvalue weighted by Gasteiger charge is -2.37. The van der Waals surface area contributed by atoms with Gasteiger partial charge in [0.15, 0.2) is 5.58 Å². The summed E-state index contributed by atoms with van der Waals surface area (Å²) in [7, 11) is 1.72. The summed E-state index contributed by atoms with van der Waals surface area (Å²) in [6.07, 6.45) is 0. The van der Waals surface area contributed by atoms with Crippen LogP contribution in [0.4, 0.5) is 0 Å². The molecule has 1 radical (unpaired) electrons. The number of benzene rings is 4. The molecule has 0 bridgehead atoms. The van der Waals surface area contributed by atoms with Crippen molar-refractivity contribution in [2.24, 2.45) is 0 Å². The molecule has 1 heterocycles. The maximum absolute atomic E-state index is 10.5. The number of fused-ring (bicyclic) bond motifs is 3. The van der Waals surface area contributed by atoms with Gasteiger partial charge in [-0.3, -0.25) is 0 Å². The Bertz CT molecular complexity index is 1470. The molecule has 0 aliphatic carbocycles. The van der Waals surface area contributed by atoms with Gasteiger partial charge in [0, 0.05) is 10.9 Å². The van der Waals surface area contributed by atoms with E-state index < -0.39 is 11.2 Å². The molecule has 0 amide bonds. The molecular formula is C29H27BNO3. The highest BCUT2D eigenvalue weighted by Gasteiger charge is 2.36. The van der Waals surface area contributed by atoms with Crippen LogP contribution in [0.3, 0.4) is 0 Å². The van der Waals surface area contributed by atoms with Gasteiger partial charge in [-0.25, -0.2) is 4.98 Å². The number of aliphatic hydroxyl groups is 1. The van der Waals surface area contributed by atoms with E-state index in [1.54, 1.807) is 21.3 Å². The van der Waals surface area contributed by atoms with Crippen LogP contribution in [0, 0.1) is 0 Å². The van der Waals surface area contributed by atoms with E-state index in [2.05, 4.69) is 36.4 Å². The number of aromatic nitrogens is 1. The highest BCUT2D eigenvalue weighted by Crippen LogP contribution is 2.31. The molecule has 1 N–H and O–H groups in total. The van der Waals surface area contributed by atoms with Crippen molar-refractivity contribution < 1.29 is 14.2 Å². The number of rotatable bonds is 6. The van der Waals surface area contributed by atoms with Crippen molar-refractivity contribution in [3.63, 3.8) is 0 Å². The molecule has 169 valence electrons. The van der Waals surface area contributed by atoms with Crippen LogP contribution >= 0.6 is 0 Å². The van der Waals surface area contributed by atoms with Gasteiger partial charge in [0.05, 0.1) is 11.2 Å². The molecule has 0 saturated carbocycles. The second-order valence-corrected chi connectivity index (χ2v) is 9.63. The molecule has 4 aromatic carbocycles. The summed E-state index contributed by atoms with van der Waals surface area (Å²) >= 11 is 0. The monoisotopic (exact) mass is 448 g/mol. The first-order valence-corrected chi connectivity index (χ1v) is 11.4. The Labute approximate surface area is 200 Å². The first kappa shape index (κ1) is 22.4. The van der Waals surface area contributed by atoms with Crippen molar-refractivity contribution in [2.75, 3.05) is 0 Å². The fourth-order valence-electron chi connectivity index (χ4n) is 3.81. The molecule has 5 rings (SSSR count). The molecule has 0 fully saturated rings. The lowest BCUT2D eigenvalue weighted by Crippen LogP contribution is -2.49. The summed E-state index contributed by atoms with van der Waals surface area (Å²) in [6.45, 7) is 7.25. The minimum atomic E-state index is -1.02. The first-order chi connectivity index (χ1) is 16.2. The van der Waals surface area contributed by atoms with Crippen LogP contribution in [0.2, 0.25) is 0 Å². The quantitative estimate of drug-likeness (QED) is 0.318. The maximum Gasteiger partial charge on any atom is 0.331 e. The van der Waals surface area contributed by atoms with E-state index in [-0.39, 0.29) is 0 Å². The van der Waals surface area contributed by atoms with Gasteiger partial charge in [-0.1, -0.05) is 72.8 Å². The van der Waals surface area contributed by atoms with Gasteiger partial charge in [-0.05, 0) is 61.8 Å². The van der Waals surface area contributed by atoms with Crippen LogP contribution in [0.5, 0.6) is 0 Å². The van der Waals surface area contributed by atoms with Crippen molar-refractivity contribution in [3.05, 3.63) is 84.9 Å². The Kier molecular flexibility index (Phi) is 5.55. The zero-order valence-electron chi connectivity index (χ0n) is 19.9. The van der Waals surface area contributed by atoms with Crippen LogP contribution in [0.15, 0.2) is 89.3 Å². The highest BCUT2D eigenvalue weighted by molar-refractivity contribution is 6.49. The Balaban J connectivity index is 1.59. The Morgan fingerprint density at radius 1 is 0.824 bits per heavy atom. The lowest BCUT2D eigenvalue weighted by atomic mass is 9.78. The predicted molar refractivity (Wildman–Crippen MR) is 139 cm³/mol. The second kappa shape index (κ2) is 8.42. The molecule has 34 heavy (non-hydrogen) atoms. The average molecular weight is 448 g/mol. The van der Waals surface area contributed by atoms with Gasteiger partial charge in [0.2, 0.25) is 5.89 Å². The topological polar surface area (TPSA) is 55.5 Å². The van der Waals surface area contributed by atoms with E-state index in [1.807, 2.05) is 62.4 Å². The number of nitrogens with zero attached hydrogens (tertiary/aromatic N) is 1. The van der Waals surface area contributed by atoms with Crippen LogP contribution in [0.25, 0.3) is 44.5 Å². The standard InChI is InChI=1S/C29H27BNO3/c1-28(2,32)29(3,4)34-30-24-18-21(14-16-22(24)19-10-6-5-7-11-19)27-31-26-23-13-9-8-12-20(23)15-17-25(26)33-27/h5-18,32H,1-4H3. The normalized spacial score (nSPS) is 12.4. The third-order valence-electron chi connectivity index (χ3n) is 6.62. The SMILES string of the molecule is CC(C)(O)C(C)(C)O[B]c1cc(-c2nc3c(ccc4ccccc43)o2)ccc1-c1ccccc1. The number of hydrogen-bond acceptors (Lipinski definition) is 4. The maximum atomic E-state index is 10.5.